The molecule has 0 N–H and O–H groups in total. The second-order valence-electron chi connectivity index (χ2n) is 2.59. The lowest BCUT2D eigenvalue weighted by atomic mass is 10.2. The second kappa shape index (κ2) is 4.29. The van der Waals surface area contributed by atoms with Crippen molar-refractivity contribution in [2.75, 3.05) is 6.26 Å². The van der Waals surface area contributed by atoms with Gasteiger partial charge in [0.1, 0.15) is 5.01 Å². The standard InChI is InChI=1S/C9H7ClN2S2/c1-13-7-4-2-6(3-5-7)8-11-12-9(10)14-8/h2-5H,1H3. The Morgan fingerprint density at radius 1 is 1.21 bits per heavy atom. The Kier molecular flexibility index (Phi) is 3.05. The normalized spacial score (nSPS) is 10.4. The smallest absolute Gasteiger partial charge is 0.137 e. The average molecular weight is 243 g/mol. The third-order valence-corrected chi connectivity index (χ3v) is 3.55. The van der Waals surface area contributed by atoms with Crippen molar-refractivity contribution in [3.8, 4) is 10.6 Å². The van der Waals surface area contributed by atoms with Gasteiger partial charge in [-0.2, -0.15) is 0 Å². The molecule has 0 fully saturated rings. The van der Waals surface area contributed by atoms with Crippen molar-refractivity contribution in [3.05, 3.63) is 28.7 Å². The van der Waals surface area contributed by atoms with Crippen molar-refractivity contribution < 1.29 is 0 Å². The molecule has 0 saturated heterocycles. The monoisotopic (exact) mass is 242 g/mol. The minimum Gasteiger partial charge on any atom is -0.137 e. The van der Waals surface area contributed by atoms with E-state index in [4.69, 9.17) is 11.6 Å². The fraction of sp³-hybridized carbons (Fsp3) is 0.111. The second-order valence-corrected chi connectivity index (χ2v) is 5.03. The van der Waals surface area contributed by atoms with Gasteiger partial charge in [-0.25, -0.2) is 0 Å². The predicted molar refractivity (Wildman–Crippen MR) is 62.1 cm³/mol. The molecule has 2 aromatic rings. The highest BCUT2D eigenvalue weighted by Crippen LogP contribution is 2.27. The number of nitrogens with zero attached hydrogens (tertiary/aromatic N) is 2. The molecule has 0 saturated carbocycles. The van der Waals surface area contributed by atoms with Crippen molar-refractivity contribution in [3.63, 3.8) is 0 Å². The molecule has 1 heterocycles. The summed E-state index contributed by atoms with van der Waals surface area (Å²) in [4.78, 5) is 1.24. The molecule has 0 spiro atoms. The number of benzene rings is 1. The average Bonchev–Trinajstić information content (AvgIpc) is 2.65. The molecule has 2 nitrogen and oxygen atoms in total. The van der Waals surface area contributed by atoms with Gasteiger partial charge in [-0.3, -0.25) is 0 Å². The van der Waals surface area contributed by atoms with E-state index < -0.39 is 0 Å². The van der Waals surface area contributed by atoms with Crippen molar-refractivity contribution >= 4 is 34.7 Å². The summed E-state index contributed by atoms with van der Waals surface area (Å²) in [6.07, 6.45) is 2.05. The maximum Gasteiger partial charge on any atom is 0.207 e. The topological polar surface area (TPSA) is 25.8 Å². The van der Waals surface area contributed by atoms with Gasteiger partial charge >= 0.3 is 0 Å². The Morgan fingerprint density at radius 3 is 2.43 bits per heavy atom. The van der Waals surface area contributed by atoms with E-state index in [0.717, 1.165) is 10.6 Å². The molecule has 14 heavy (non-hydrogen) atoms. The van der Waals surface area contributed by atoms with Gasteiger partial charge in [-0.1, -0.05) is 23.5 Å². The van der Waals surface area contributed by atoms with Gasteiger partial charge in [0.2, 0.25) is 4.47 Å². The van der Waals surface area contributed by atoms with E-state index in [1.807, 2.05) is 12.1 Å². The van der Waals surface area contributed by atoms with Crippen LogP contribution >= 0.6 is 34.7 Å². The third kappa shape index (κ3) is 2.08. The number of halogens is 1. The van der Waals surface area contributed by atoms with Gasteiger partial charge in [0.15, 0.2) is 0 Å². The van der Waals surface area contributed by atoms with Crippen LogP contribution in [-0.4, -0.2) is 16.5 Å². The zero-order valence-electron chi connectivity index (χ0n) is 7.40. The molecule has 0 aliphatic carbocycles. The van der Waals surface area contributed by atoms with Crippen LogP contribution in [0.3, 0.4) is 0 Å². The molecular formula is C9H7ClN2S2. The molecule has 1 aromatic heterocycles. The lowest BCUT2D eigenvalue weighted by Crippen LogP contribution is -1.76. The SMILES string of the molecule is CSc1ccc(-c2nnc(Cl)s2)cc1. The van der Waals surface area contributed by atoms with E-state index >= 15 is 0 Å². The number of rotatable bonds is 2. The summed E-state index contributed by atoms with van der Waals surface area (Å²) >= 11 is 8.82. The molecule has 0 bridgehead atoms. The molecule has 0 aliphatic heterocycles. The minimum absolute atomic E-state index is 0.481. The lowest BCUT2D eigenvalue weighted by molar-refractivity contribution is 1.09. The first kappa shape index (κ1) is 9.96. The van der Waals surface area contributed by atoms with Gasteiger partial charge in [-0.05, 0) is 30.0 Å². The molecule has 5 heteroatoms. The molecule has 2 rings (SSSR count). The highest BCUT2D eigenvalue weighted by Gasteiger charge is 2.04. The van der Waals surface area contributed by atoms with Crippen LogP contribution in [0.4, 0.5) is 0 Å². The van der Waals surface area contributed by atoms with Gasteiger partial charge in [-0.15, -0.1) is 22.0 Å². The van der Waals surface area contributed by atoms with Crippen LogP contribution in [0.15, 0.2) is 29.2 Å². The van der Waals surface area contributed by atoms with Crippen molar-refractivity contribution in [2.24, 2.45) is 0 Å². The van der Waals surface area contributed by atoms with Crippen LogP contribution in [0.5, 0.6) is 0 Å². The van der Waals surface area contributed by atoms with Gasteiger partial charge in [0, 0.05) is 10.5 Å². The number of hydrogen-bond acceptors (Lipinski definition) is 4. The third-order valence-electron chi connectivity index (χ3n) is 1.74. The molecule has 0 amide bonds. The predicted octanol–water partition coefficient (Wildman–Crippen LogP) is 3.58. The van der Waals surface area contributed by atoms with E-state index in [9.17, 15) is 0 Å². The summed E-state index contributed by atoms with van der Waals surface area (Å²) < 4.78 is 0.481. The fourth-order valence-corrected chi connectivity index (χ4v) is 2.30. The molecule has 0 unspecified atom stereocenters. The summed E-state index contributed by atoms with van der Waals surface area (Å²) in [7, 11) is 0. The van der Waals surface area contributed by atoms with E-state index in [0.29, 0.717) is 4.47 Å². The summed E-state index contributed by atoms with van der Waals surface area (Å²) in [5.41, 5.74) is 1.06. The lowest BCUT2D eigenvalue weighted by Gasteiger charge is -1.97. The van der Waals surface area contributed by atoms with Crippen molar-refractivity contribution in [1.82, 2.24) is 10.2 Å². The van der Waals surface area contributed by atoms with Crippen LogP contribution in [-0.2, 0) is 0 Å². The van der Waals surface area contributed by atoms with Crippen LogP contribution < -0.4 is 0 Å². The van der Waals surface area contributed by atoms with Crippen molar-refractivity contribution in [2.45, 2.75) is 4.90 Å². The first-order valence-electron chi connectivity index (χ1n) is 3.93. The number of thioether (sulfide) groups is 1. The number of aromatic nitrogens is 2. The summed E-state index contributed by atoms with van der Waals surface area (Å²) in [6, 6.07) is 8.19. The highest BCUT2D eigenvalue weighted by atomic mass is 35.5. The molecular weight excluding hydrogens is 236 g/mol. The van der Waals surface area contributed by atoms with E-state index in [1.165, 1.54) is 16.2 Å². The Morgan fingerprint density at radius 2 is 1.93 bits per heavy atom. The van der Waals surface area contributed by atoms with Crippen molar-refractivity contribution in [1.29, 1.82) is 0 Å². The summed E-state index contributed by atoms with van der Waals surface area (Å²) in [5, 5.41) is 8.60. The number of hydrogen-bond donors (Lipinski definition) is 0. The Bertz CT molecular complexity index is 425. The summed E-state index contributed by atoms with van der Waals surface area (Å²) in [6.45, 7) is 0. The molecule has 1 aromatic carbocycles. The fourth-order valence-electron chi connectivity index (χ4n) is 1.06. The van der Waals surface area contributed by atoms with Gasteiger partial charge in [0.05, 0.1) is 0 Å². The van der Waals surface area contributed by atoms with Gasteiger partial charge in [0.25, 0.3) is 0 Å². The maximum absolute atomic E-state index is 5.71. The van der Waals surface area contributed by atoms with Crippen LogP contribution in [0, 0.1) is 0 Å². The van der Waals surface area contributed by atoms with E-state index in [-0.39, 0.29) is 0 Å². The molecule has 72 valence electrons. The largest absolute Gasteiger partial charge is 0.207 e. The molecule has 0 aliphatic rings. The quantitative estimate of drug-likeness (QED) is 0.753. The maximum atomic E-state index is 5.71. The van der Waals surface area contributed by atoms with Crippen LogP contribution in [0.1, 0.15) is 0 Å². The Labute approximate surface area is 95.3 Å². The van der Waals surface area contributed by atoms with Crippen LogP contribution in [0.2, 0.25) is 4.47 Å². The first-order valence-corrected chi connectivity index (χ1v) is 6.35. The molecule has 0 radical (unpaired) electrons. The van der Waals surface area contributed by atoms with Crippen LogP contribution in [0.25, 0.3) is 10.6 Å². The molecule has 0 atom stereocenters. The first-order chi connectivity index (χ1) is 6.79. The zero-order valence-corrected chi connectivity index (χ0v) is 9.79. The minimum atomic E-state index is 0.481. The van der Waals surface area contributed by atoms with Gasteiger partial charge < -0.3 is 0 Å². The summed E-state index contributed by atoms with van der Waals surface area (Å²) in [5.74, 6) is 0. The Hall–Kier alpha value is -0.580. The zero-order chi connectivity index (χ0) is 9.97. The Balaban J connectivity index is 2.33. The van der Waals surface area contributed by atoms with E-state index in [1.54, 1.807) is 11.8 Å². The van der Waals surface area contributed by atoms with E-state index in [2.05, 4.69) is 28.6 Å². The highest BCUT2D eigenvalue weighted by molar-refractivity contribution is 7.98.